The summed E-state index contributed by atoms with van der Waals surface area (Å²) >= 11 is 1.30. The molecule has 258 valence electrons. The monoisotopic (exact) mass is 710 g/mol. The summed E-state index contributed by atoms with van der Waals surface area (Å²) < 4.78 is -0.932. The Bertz CT molecular complexity index is 2170. The van der Waals surface area contributed by atoms with Crippen LogP contribution in [0.15, 0.2) is 115 Å². The Morgan fingerprint density at radius 2 is 1.00 bits per heavy atom. The van der Waals surface area contributed by atoms with Crippen molar-refractivity contribution in [2.24, 2.45) is 0 Å². The van der Waals surface area contributed by atoms with Gasteiger partial charge in [0.1, 0.15) is 11.6 Å². The number of carbonyl (C=O) groups excluding carboxylic acids is 4. The zero-order valence-electron chi connectivity index (χ0n) is 27.5. The molecule has 0 unspecified atom stereocenters. The van der Waals surface area contributed by atoms with Crippen molar-refractivity contribution in [1.82, 2.24) is 9.80 Å². The highest BCUT2D eigenvalue weighted by molar-refractivity contribution is 8.00. The molecule has 4 amide bonds. The molecule has 5 aromatic carbocycles. The summed E-state index contributed by atoms with van der Waals surface area (Å²) in [7, 11) is 0. The molecule has 1 aliphatic carbocycles. The van der Waals surface area contributed by atoms with Crippen molar-refractivity contribution >= 4 is 58.1 Å². The highest BCUT2D eigenvalue weighted by Crippen LogP contribution is 2.50. The van der Waals surface area contributed by atoms with Gasteiger partial charge in [-0.05, 0) is 60.2 Å². The molecular weight excluding hydrogens is 681 g/mol. The largest absolute Gasteiger partial charge is 0.480 e. The van der Waals surface area contributed by atoms with Gasteiger partial charge in [-0.3, -0.25) is 29.0 Å². The van der Waals surface area contributed by atoms with Crippen LogP contribution in [-0.4, -0.2) is 72.9 Å². The van der Waals surface area contributed by atoms with E-state index in [0.717, 1.165) is 26.5 Å². The minimum atomic E-state index is -1.67. The summed E-state index contributed by atoms with van der Waals surface area (Å²) in [6.07, 6.45) is 0.776. The molecule has 11 heteroatoms. The van der Waals surface area contributed by atoms with Gasteiger partial charge in [0.2, 0.25) is 0 Å². The van der Waals surface area contributed by atoms with Crippen molar-refractivity contribution in [3.05, 3.63) is 154 Å². The van der Waals surface area contributed by atoms with Gasteiger partial charge in [0.05, 0.1) is 4.75 Å². The molecule has 5 aromatic rings. The lowest BCUT2D eigenvalue weighted by molar-refractivity contribution is -0.153. The van der Waals surface area contributed by atoms with Gasteiger partial charge in [0.15, 0.2) is 0 Å². The first kappa shape index (κ1) is 33.1. The molecule has 0 spiro atoms. The normalized spacial score (nSPS) is 16.8. The van der Waals surface area contributed by atoms with Crippen LogP contribution in [0.2, 0.25) is 0 Å². The van der Waals surface area contributed by atoms with Gasteiger partial charge in [-0.2, -0.15) is 0 Å². The molecule has 0 saturated heterocycles. The zero-order chi connectivity index (χ0) is 36.4. The van der Waals surface area contributed by atoms with Gasteiger partial charge in [-0.15, -0.1) is 11.8 Å². The van der Waals surface area contributed by atoms with Gasteiger partial charge in [0, 0.05) is 38.8 Å². The molecule has 0 bridgehead atoms. The van der Waals surface area contributed by atoms with Gasteiger partial charge in [0.25, 0.3) is 23.6 Å². The Hall–Kier alpha value is -6.07. The van der Waals surface area contributed by atoms with Crippen molar-refractivity contribution < 1.29 is 39.0 Å². The van der Waals surface area contributed by atoms with Crippen LogP contribution in [0.3, 0.4) is 0 Å². The SMILES string of the molecule is O=C(O)[C@H](CSC(c1ccccc1)(c1ccccc1)c1ccccc1)N1C(=O)c2ccc3c4c(ccc(c24)C1=O)C(=O)N(C1(C(=O)O)CCC1)C3=O. The smallest absolute Gasteiger partial charge is 0.330 e. The van der Waals surface area contributed by atoms with Crippen LogP contribution >= 0.6 is 11.8 Å². The molecule has 2 heterocycles. The third-order valence-corrected chi connectivity index (χ3v) is 12.2. The standard InChI is InChI=1S/C41H30N2O8S/c44-34-27-17-19-29-33-30(37(47)43(36(29)46)40(39(50)51)21-10-22-40)20-18-28(32(27)33)35(45)42(34)31(38(48)49)23-52-41(24-11-4-1-5-12-24,25-13-6-2-7-14-25)26-15-8-3-9-16-26/h1-9,11-20,31H,10,21-23H2,(H,48,49)(H,50,51)/t31-/m0/s1. The van der Waals surface area contributed by atoms with Crippen LogP contribution in [-0.2, 0) is 14.3 Å². The first-order valence-electron chi connectivity index (χ1n) is 16.7. The second-order valence-electron chi connectivity index (χ2n) is 13.1. The number of nitrogens with zero attached hydrogens (tertiary/aromatic N) is 2. The van der Waals surface area contributed by atoms with Gasteiger partial charge < -0.3 is 10.2 Å². The topological polar surface area (TPSA) is 149 Å². The molecule has 1 fully saturated rings. The summed E-state index contributed by atoms with van der Waals surface area (Å²) in [6, 6.07) is 32.7. The molecular formula is C41H30N2O8S. The summed E-state index contributed by atoms with van der Waals surface area (Å²) in [5, 5.41) is 20.9. The predicted molar refractivity (Wildman–Crippen MR) is 192 cm³/mol. The average molecular weight is 711 g/mol. The third kappa shape index (κ3) is 4.65. The van der Waals surface area contributed by atoms with E-state index in [9.17, 15) is 39.0 Å². The second-order valence-corrected chi connectivity index (χ2v) is 14.4. The lowest BCUT2D eigenvalue weighted by atomic mass is 9.73. The fourth-order valence-corrected chi connectivity index (χ4v) is 9.45. The highest BCUT2D eigenvalue weighted by Gasteiger charge is 2.56. The first-order chi connectivity index (χ1) is 25.1. The first-order valence-corrected chi connectivity index (χ1v) is 17.7. The van der Waals surface area contributed by atoms with Crippen molar-refractivity contribution in [3.8, 4) is 0 Å². The van der Waals surface area contributed by atoms with Gasteiger partial charge in [-0.25, -0.2) is 9.59 Å². The summed E-state index contributed by atoms with van der Waals surface area (Å²) in [5.74, 6) is -6.22. The molecule has 2 aliphatic heterocycles. The van der Waals surface area contributed by atoms with E-state index in [0.29, 0.717) is 6.42 Å². The van der Waals surface area contributed by atoms with Gasteiger partial charge in [-0.1, -0.05) is 91.0 Å². The van der Waals surface area contributed by atoms with Crippen molar-refractivity contribution in [2.45, 2.75) is 35.6 Å². The van der Waals surface area contributed by atoms with E-state index in [-0.39, 0.29) is 51.6 Å². The number of imide groups is 2. The van der Waals surface area contributed by atoms with Crippen LogP contribution < -0.4 is 0 Å². The van der Waals surface area contributed by atoms with E-state index in [4.69, 9.17) is 0 Å². The number of rotatable bonds is 10. The van der Waals surface area contributed by atoms with Crippen LogP contribution in [0.1, 0.15) is 77.4 Å². The number of carbonyl (C=O) groups is 6. The van der Waals surface area contributed by atoms with E-state index in [1.54, 1.807) is 0 Å². The van der Waals surface area contributed by atoms with E-state index < -0.39 is 51.9 Å². The number of amides is 4. The van der Waals surface area contributed by atoms with Crippen molar-refractivity contribution in [1.29, 1.82) is 0 Å². The Morgan fingerprint density at radius 1 is 0.615 bits per heavy atom. The number of carboxylic acids is 2. The van der Waals surface area contributed by atoms with Gasteiger partial charge >= 0.3 is 11.9 Å². The molecule has 1 atom stereocenters. The molecule has 0 aromatic heterocycles. The van der Waals surface area contributed by atoms with Crippen LogP contribution in [0, 0.1) is 0 Å². The van der Waals surface area contributed by atoms with Crippen LogP contribution in [0.4, 0.5) is 0 Å². The van der Waals surface area contributed by atoms with Crippen molar-refractivity contribution in [3.63, 3.8) is 0 Å². The summed E-state index contributed by atoms with van der Waals surface area (Å²) in [5.41, 5.74) is 0.888. The number of carboxylic acid groups (broad SMARTS) is 2. The maximum absolute atomic E-state index is 14.3. The fourth-order valence-electron chi connectivity index (χ4n) is 7.84. The molecule has 1 saturated carbocycles. The lowest BCUT2D eigenvalue weighted by Crippen LogP contribution is -2.64. The summed E-state index contributed by atoms with van der Waals surface area (Å²) in [6.45, 7) is 0. The Morgan fingerprint density at radius 3 is 1.33 bits per heavy atom. The number of thioether (sulfide) groups is 1. The summed E-state index contributed by atoms with van der Waals surface area (Å²) in [4.78, 5) is 83.3. The van der Waals surface area contributed by atoms with Crippen LogP contribution in [0.5, 0.6) is 0 Å². The number of benzene rings is 5. The lowest BCUT2D eigenvalue weighted by Gasteiger charge is -2.47. The molecule has 3 aliphatic rings. The zero-order valence-corrected chi connectivity index (χ0v) is 28.3. The molecule has 52 heavy (non-hydrogen) atoms. The third-order valence-electron chi connectivity index (χ3n) is 10.5. The highest BCUT2D eigenvalue weighted by atomic mass is 32.2. The van der Waals surface area contributed by atoms with Crippen molar-refractivity contribution in [2.75, 3.05) is 5.75 Å². The molecule has 10 nitrogen and oxygen atoms in total. The molecule has 8 rings (SSSR count). The average Bonchev–Trinajstić information content (AvgIpc) is 3.14. The number of hydrogen-bond donors (Lipinski definition) is 2. The second kappa shape index (κ2) is 12.3. The molecule has 0 radical (unpaired) electrons. The Balaban J connectivity index is 1.21. The number of hydrogen-bond acceptors (Lipinski definition) is 7. The quantitative estimate of drug-likeness (QED) is 0.127. The Kier molecular flexibility index (Phi) is 7.83. The fraction of sp³-hybridized carbons (Fsp3) is 0.171. The minimum absolute atomic E-state index is 0.000446. The minimum Gasteiger partial charge on any atom is -0.480 e. The predicted octanol–water partition coefficient (Wildman–Crippen LogP) is 6.22. The van der Waals surface area contributed by atoms with E-state index in [1.807, 2.05) is 91.0 Å². The molecule has 2 N–H and O–H groups in total. The number of aliphatic carboxylic acids is 2. The van der Waals surface area contributed by atoms with E-state index >= 15 is 0 Å². The maximum atomic E-state index is 14.3. The van der Waals surface area contributed by atoms with E-state index in [1.165, 1.54) is 36.0 Å². The van der Waals surface area contributed by atoms with Crippen LogP contribution in [0.25, 0.3) is 10.8 Å². The Labute approximate surface area is 301 Å². The maximum Gasteiger partial charge on any atom is 0.330 e. The van der Waals surface area contributed by atoms with E-state index in [2.05, 4.69) is 0 Å².